The van der Waals surface area contributed by atoms with E-state index in [1.54, 1.807) is 11.1 Å². The number of hydrogen-bond donors (Lipinski definition) is 0. The Morgan fingerprint density at radius 1 is 0.361 bits per heavy atom. The van der Waals surface area contributed by atoms with E-state index in [-0.39, 0.29) is 27.2 Å². The molecule has 0 amide bonds. The maximum absolute atomic E-state index is 10.7. The molecule has 0 saturated carbocycles. The van der Waals surface area contributed by atoms with Gasteiger partial charge in [0.2, 0.25) is 0 Å². The van der Waals surface area contributed by atoms with Crippen molar-refractivity contribution in [3.63, 3.8) is 0 Å². The summed E-state index contributed by atoms with van der Waals surface area (Å²) in [6.45, 7) is 4.70. The Labute approximate surface area is 353 Å². The molecule has 0 spiro atoms. The van der Waals surface area contributed by atoms with Crippen LogP contribution in [0.1, 0.15) is 63.5 Å². The van der Waals surface area contributed by atoms with Crippen LogP contribution < -0.4 is 0 Å². The number of fused-ring (bicyclic) bond motifs is 3. The molecule has 0 radical (unpaired) electrons. The van der Waals surface area contributed by atoms with Crippen molar-refractivity contribution in [2.24, 2.45) is 0 Å². The molecule has 7 rings (SSSR count). The average molecular weight is 939 g/mol. The molecule has 0 bridgehead atoms. The summed E-state index contributed by atoms with van der Waals surface area (Å²) < 4.78 is 118. The van der Waals surface area contributed by atoms with Gasteiger partial charge in [0.25, 0.3) is 0 Å². The molecular formula is C45H44F12P2S2. The molecule has 0 aliphatic heterocycles. The average Bonchev–Trinajstić information content (AvgIpc) is 3.44. The zero-order chi connectivity index (χ0) is 44.9. The second-order valence-corrected chi connectivity index (χ2v) is 22.4. The van der Waals surface area contributed by atoms with Gasteiger partial charge in [0.05, 0.1) is 21.8 Å². The Balaban J connectivity index is 0.000000434. The van der Waals surface area contributed by atoms with Crippen molar-refractivity contribution in [2.75, 3.05) is 0 Å². The van der Waals surface area contributed by atoms with Crippen molar-refractivity contribution in [2.45, 2.75) is 87.2 Å². The van der Waals surface area contributed by atoms with Gasteiger partial charge in [-0.2, -0.15) is 0 Å². The summed E-state index contributed by atoms with van der Waals surface area (Å²) in [7, 11) is -21.7. The third-order valence-electron chi connectivity index (χ3n) is 9.60. The first-order chi connectivity index (χ1) is 28.1. The van der Waals surface area contributed by atoms with Crippen LogP contribution in [0.3, 0.4) is 0 Å². The Bertz CT molecular complexity index is 2110. The molecule has 6 aromatic rings. The fraction of sp³-hybridized carbons (Fsp3) is 0.200. The number of unbranched alkanes of at least 4 members (excludes halogenated alkanes) is 2. The van der Waals surface area contributed by atoms with Crippen molar-refractivity contribution < 1.29 is 50.4 Å². The third-order valence-corrected chi connectivity index (χ3v) is 14.0. The molecule has 0 aromatic heterocycles. The van der Waals surface area contributed by atoms with Gasteiger partial charge in [0.15, 0.2) is 29.4 Å². The monoisotopic (exact) mass is 938 g/mol. The fourth-order valence-corrected chi connectivity index (χ4v) is 11.6. The van der Waals surface area contributed by atoms with E-state index in [0.29, 0.717) is 0 Å². The first kappa shape index (κ1) is 48.1. The van der Waals surface area contributed by atoms with Gasteiger partial charge in [0.1, 0.15) is 0 Å². The molecule has 0 atom stereocenters. The normalized spacial score (nSPS) is 15.4. The van der Waals surface area contributed by atoms with Gasteiger partial charge < -0.3 is 0 Å². The zero-order valence-corrected chi connectivity index (χ0v) is 36.4. The van der Waals surface area contributed by atoms with E-state index in [4.69, 9.17) is 0 Å². The zero-order valence-electron chi connectivity index (χ0n) is 33.0. The molecule has 0 fully saturated rings. The molecule has 61 heavy (non-hydrogen) atoms. The van der Waals surface area contributed by atoms with Crippen LogP contribution in [0.4, 0.5) is 50.4 Å². The van der Waals surface area contributed by atoms with Gasteiger partial charge in [0, 0.05) is 5.41 Å². The maximum atomic E-state index is 9.87. The molecule has 1 aliphatic carbocycles. The Morgan fingerprint density at radius 3 is 0.836 bits per heavy atom. The van der Waals surface area contributed by atoms with Crippen molar-refractivity contribution >= 4 is 37.4 Å². The van der Waals surface area contributed by atoms with E-state index >= 15 is 0 Å². The van der Waals surface area contributed by atoms with Crippen LogP contribution in [0, 0.1) is 0 Å². The van der Waals surface area contributed by atoms with Gasteiger partial charge in [-0.05, 0) is 120 Å². The second-order valence-electron chi connectivity index (χ2n) is 14.5. The molecule has 6 aromatic carbocycles. The van der Waals surface area contributed by atoms with Crippen molar-refractivity contribution in [1.29, 1.82) is 0 Å². The molecule has 0 unspecified atom stereocenters. The summed E-state index contributed by atoms with van der Waals surface area (Å²) in [5.74, 6) is 0. The van der Waals surface area contributed by atoms with Crippen molar-refractivity contribution in [1.82, 2.24) is 0 Å². The number of benzene rings is 6. The van der Waals surface area contributed by atoms with Gasteiger partial charge in [-0.15, -0.1) is 0 Å². The van der Waals surface area contributed by atoms with Crippen LogP contribution in [-0.4, -0.2) is 0 Å². The number of hydrogen-bond acceptors (Lipinski definition) is 0. The molecule has 0 saturated heterocycles. The Morgan fingerprint density at radius 2 is 0.607 bits per heavy atom. The predicted molar refractivity (Wildman–Crippen MR) is 229 cm³/mol. The minimum absolute atomic E-state index is 0.00746. The van der Waals surface area contributed by atoms with E-state index in [0.717, 1.165) is 0 Å². The quantitative estimate of drug-likeness (QED) is 0.0652. The standard InChI is InChI=1S/C45H44S2.2F6P/c1-3-5-31-45(32-6-4-2)43-33-39(46(35-19-11-7-12-20-35)36-21-13-8-14-22-36)27-29-41(43)42-30-28-40(34-44(42)45)47(37-23-15-9-16-24-37)38-25-17-10-18-26-38;2*1-7(2,3,4,5)6/h7-30,33-34H,3-6,31-32H2,1-2H3;;/q+2;2*-1. The van der Waals surface area contributed by atoms with Crippen LogP contribution in [0.15, 0.2) is 187 Å². The van der Waals surface area contributed by atoms with Crippen LogP contribution in [0.25, 0.3) is 11.1 Å². The van der Waals surface area contributed by atoms with E-state index in [1.165, 1.54) is 79.0 Å². The predicted octanol–water partition coefficient (Wildman–Crippen LogP) is 19.3. The second kappa shape index (κ2) is 17.0. The minimum atomic E-state index is -10.7. The van der Waals surface area contributed by atoms with Crippen LogP contribution >= 0.6 is 15.6 Å². The SMILES string of the molecule is CCCCC1(CCCC)c2cc([S+](c3ccccc3)c3ccccc3)ccc2-c2ccc([S+](c3ccccc3)c3ccccc3)cc21.F[P-](F)(F)(F)(F)F.F[P-](F)(F)(F)(F)F. The van der Waals surface area contributed by atoms with E-state index < -0.39 is 15.6 Å². The van der Waals surface area contributed by atoms with Gasteiger partial charge in [-0.25, -0.2) is 0 Å². The van der Waals surface area contributed by atoms with Crippen molar-refractivity contribution in [3.05, 3.63) is 169 Å². The Kier molecular flexibility index (Phi) is 13.4. The van der Waals surface area contributed by atoms with Crippen LogP contribution in [-0.2, 0) is 27.2 Å². The molecule has 16 heteroatoms. The van der Waals surface area contributed by atoms with Gasteiger partial charge in [-0.1, -0.05) is 112 Å². The van der Waals surface area contributed by atoms with Crippen molar-refractivity contribution in [3.8, 4) is 11.1 Å². The van der Waals surface area contributed by atoms with Crippen LogP contribution in [0.2, 0.25) is 0 Å². The topological polar surface area (TPSA) is 0 Å². The molecule has 0 nitrogen and oxygen atoms in total. The van der Waals surface area contributed by atoms with Gasteiger partial charge in [-0.3, -0.25) is 0 Å². The summed E-state index contributed by atoms with van der Waals surface area (Å²) in [6, 6.07) is 59.5. The van der Waals surface area contributed by atoms with E-state index in [1.807, 2.05) is 0 Å². The molecule has 0 N–H and O–H groups in total. The van der Waals surface area contributed by atoms with Gasteiger partial charge >= 0.3 is 66.0 Å². The summed E-state index contributed by atoms with van der Waals surface area (Å²) in [5, 5.41) is 0. The summed E-state index contributed by atoms with van der Waals surface area (Å²) in [5.41, 5.74) is 5.98. The molecular weight excluding hydrogens is 895 g/mol. The summed E-state index contributed by atoms with van der Waals surface area (Å²) in [6.07, 6.45) is 7.23. The van der Waals surface area contributed by atoms with Crippen LogP contribution in [0.5, 0.6) is 0 Å². The molecule has 0 heterocycles. The fourth-order valence-electron chi connectivity index (χ4n) is 7.37. The Hall–Kier alpha value is -3.96. The number of halogens is 12. The first-order valence-electron chi connectivity index (χ1n) is 19.2. The first-order valence-corrected chi connectivity index (χ1v) is 25.7. The number of rotatable bonds is 12. The summed E-state index contributed by atoms with van der Waals surface area (Å²) in [4.78, 5) is 8.33. The van der Waals surface area contributed by atoms with E-state index in [2.05, 4.69) is 172 Å². The third kappa shape index (κ3) is 15.1. The van der Waals surface area contributed by atoms with E-state index in [9.17, 15) is 50.4 Å². The molecule has 330 valence electrons. The molecule has 1 aliphatic rings. The summed E-state index contributed by atoms with van der Waals surface area (Å²) >= 11 is 0.